The van der Waals surface area contributed by atoms with Gasteiger partial charge in [-0.05, 0) is 30.5 Å². The van der Waals surface area contributed by atoms with Crippen LogP contribution >= 0.6 is 0 Å². The Kier molecular flexibility index (Phi) is 3.12. The number of pyridine rings is 2. The number of nitrogens with zero attached hydrogens (tertiary/aromatic N) is 2. The van der Waals surface area contributed by atoms with Gasteiger partial charge in [-0.2, -0.15) is 0 Å². The molecule has 0 radical (unpaired) electrons. The molecular weight excluding hydrogens is 296 g/mol. The number of benzene rings is 1. The number of rotatable bonds is 2. The predicted octanol–water partition coefficient (Wildman–Crippen LogP) is 4.90. The Morgan fingerprint density at radius 1 is 1.12 bits per heavy atom. The highest BCUT2D eigenvalue weighted by Gasteiger charge is 2.25. The molecule has 0 bridgehead atoms. The van der Waals surface area contributed by atoms with Crippen molar-refractivity contribution in [2.75, 3.05) is 0 Å². The zero-order valence-electron chi connectivity index (χ0n) is 15.4. The minimum atomic E-state index is -0.795. The number of furan rings is 1. The lowest BCUT2D eigenvalue weighted by molar-refractivity contribution is -0.660. The van der Waals surface area contributed by atoms with Gasteiger partial charge in [-0.15, -0.1) is 0 Å². The summed E-state index contributed by atoms with van der Waals surface area (Å²) < 4.78 is 16.9. The van der Waals surface area contributed by atoms with Crippen molar-refractivity contribution in [2.24, 2.45) is 7.05 Å². The van der Waals surface area contributed by atoms with Gasteiger partial charge in [0.1, 0.15) is 12.6 Å². The van der Waals surface area contributed by atoms with E-state index in [1.165, 1.54) is 0 Å². The van der Waals surface area contributed by atoms with Crippen LogP contribution in [-0.4, -0.2) is 4.98 Å². The van der Waals surface area contributed by atoms with Crippen LogP contribution in [0.3, 0.4) is 0 Å². The molecule has 0 aliphatic carbocycles. The van der Waals surface area contributed by atoms with Gasteiger partial charge in [-0.3, -0.25) is 0 Å². The van der Waals surface area contributed by atoms with E-state index in [-0.39, 0.29) is 0 Å². The summed E-state index contributed by atoms with van der Waals surface area (Å²) in [6.45, 7) is 5.84. The van der Waals surface area contributed by atoms with Crippen molar-refractivity contribution in [1.29, 1.82) is 0 Å². The average Bonchev–Trinajstić information content (AvgIpc) is 2.91. The largest absolute Gasteiger partial charge is 0.438 e. The molecule has 0 atom stereocenters. The second kappa shape index (κ2) is 5.45. The van der Waals surface area contributed by atoms with Gasteiger partial charge in [-0.1, -0.05) is 32.0 Å². The van der Waals surface area contributed by atoms with E-state index in [1.807, 2.05) is 70.4 Å². The molecule has 0 fully saturated rings. The van der Waals surface area contributed by atoms with Gasteiger partial charge in [0.15, 0.2) is 6.20 Å². The molecule has 0 saturated heterocycles. The number of aryl methyl sites for hydroxylation is 2. The summed E-state index contributed by atoms with van der Waals surface area (Å²) in [5.74, 6) is -0.795. The lowest BCUT2D eigenvalue weighted by Gasteiger charge is -2.15. The molecule has 1 aromatic carbocycles. The fraction of sp³-hybridized carbons (Fsp3) is 0.238. The van der Waals surface area contributed by atoms with E-state index in [4.69, 9.17) is 10.8 Å². The number of hydrogen-bond acceptors (Lipinski definition) is 2. The van der Waals surface area contributed by atoms with E-state index in [1.54, 1.807) is 0 Å². The molecule has 0 aliphatic heterocycles. The normalized spacial score (nSPS) is 12.8. The Bertz CT molecular complexity index is 1110. The Balaban J connectivity index is 2.25. The van der Waals surface area contributed by atoms with E-state index in [2.05, 4.69) is 10.6 Å². The van der Waals surface area contributed by atoms with Crippen LogP contribution in [0.4, 0.5) is 0 Å². The van der Waals surface area contributed by atoms with Crippen LogP contribution in [-0.2, 0) is 7.05 Å². The van der Waals surface area contributed by atoms with Crippen LogP contribution in [0.1, 0.15) is 32.4 Å². The van der Waals surface area contributed by atoms with Gasteiger partial charge >= 0.3 is 0 Å². The van der Waals surface area contributed by atoms with Crippen molar-refractivity contribution in [3.05, 3.63) is 59.9 Å². The van der Waals surface area contributed by atoms with Gasteiger partial charge in [0.05, 0.1) is 16.6 Å². The maximum Gasteiger partial charge on any atom is 0.227 e. The molecule has 0 N–H and O–H groups in total. The Labute approximate surface area is 143 Å². The summed E-state index contributed by atoms with van der Waals surface area (Å²) in [4.78, 5) is 4.74. The van der Waals surface area contributed by atoms with Crippen LogP contribution in [0.15, 0.2) is 53.1 Å². The topological polar surface area (TPSA) is 29.9 Å². The fourth-order valence-corrected chi connectivity index (χ4v) is 3.46. The number of aromatic nitrogens is 2. The summed E-state index contributed by atoms with van der Waals surface area (Å²) in [5.41, 5.74) is 5.32. The van der Waals surface area contributed by atoms with E-state index >= 15 is 0 Å². The van der Waals surface area contributed by atoms with Crippen LogP contribution in [0.5, 0.6) is 0 Å². The molecule has 4 aromatic rings. The highest BCUT2D eigenvalue weighted by molar-refractivity contribution is 6.07. The Morgan fingerprint density at radius 2 is 1.88 bits per heavy atom. The van der Waals surface area contributed by atoms with E-state index < -0.39 is 5.89 Å². The Hall–Kier alpha value is -2.68. The molecule has 3 nitrogen and oxygen atoms in total. The first kappa shape index (κ1) is 13.7. The summed E-state index contributed by atoms with van der Waals surface area (Å²) in [5, 5.41) is 1.96. The van der Waals surface area contributed by atoms with Crippen LogP contribution in [0, 0.1) is 6.92 Å². The standard InChI is InChI=1S/C21H21N2O/c1-13(2)18-19(16-10-7-8-12-23(16)4)14(3)22-21-20(18)15-9-5-6-11-17(15)24-21/h5-13H,1-4H3/q+1/i13D. The van der Waals surface area contributed by atoms with Crippen LogP contribution in [0.2, 0.25) is 0 Å². The molecule has 0 unspecified atom stereocenters. The third-order valence-electron chi connectivity index (χ3n) is 4.52. The second-order valence-corrected chi connectivity index (χ2v) is 6.42. The van der Waals surface area contributed by atoms with Crippen LogP contribution in [0.25, 0.3) is 33.3 Å². The third-order valence-corrected chi connectivity index (χ3v) is 4.52. The molecule has 4 rings (SSSR count). The molecule has 0 amide bonds. The van der Waals surface area contributed by atoms with Gasteiger partial charge < -0.3 is 4.42 Å². The van der Waals surface area contributed by atoms with Crippen molar-refractivity contribution in [3.8, 4) is 11.3 Å². The molecular formula is C21H21N2O+. The number of hydrogen-bond donors (Lipinski definition) is 0. The number of fused-ring (bicyclic) bond motifs is 3. The van der Waals surface area contributed by atoms with Gasteiger partial charge in [0.25, 0.3) is 0 Å². The van der Waals surface area contributed by atoms with Crippen molar-refractivity contribution >= 4 is 22.1 Å². The van der Waals surface area contributed by atoms with Crippen molar-refractivity contribution in [3.63, 3.8) is 0 Å². The van der Waals surface area contributed by atoms with Crippen molar-refractivity contribution in [1.82, 2.24) is 4.98 Å². The van der Waals surface area contributed by atoms with E-state index in [0.717, 1.165) is 38.9 Å². The first-order valence-electron chi connectivity index (χ1n) is 8.65. The maximum absolute atomic E-state index is 8.85. The minimum absolute atomic E-state index is 0.608. The smallest absolute Gasteiger partial charge is 0.227 e. The maximum atomic E-state index is 8.85. The first-order chi connectivity index (χ1) is 11.9. The Morgan fingerprint density at radius 3 is 2.62 bits per heavy atom. The fourth-order valence-electron chi connectivity index (χ4n) is 3.46. The summed E-state index contributed by atoms with van der Waals surface area (Å²) >= 11 is 0. The van der Waals surface area contributed by atoms with Crippen LogP contribution < -0.4 is 4.57 Å². The van der Waals surface area contributed by atoms with Crippen molar-refractivity contribution in [2.45, 2.75) is 26.7 Å². The zero-order chi connectivity index (χ0) is 17.8. The molecule has 0 saturated carbocycles. The highest BCUT2D eigenvalue weighted by Crippen LogP contribution is 2.39. The lowest BCUT2D eigenvalue weighted by atomic mass is 9.90. The number of para-hydroxylation sites is 1. The third kappa shape index (κ3) is 2.12. The first-order valence-corrected chi connectivity index (χ1v) is 8.15. The summed E-state index contributed by atoms with van der Waals surface area (Å²) in [6.07, 6.45) is 2.02. The average molecular weight is 318 g/mol. The molecule has 3 heteroatoms. The molecule has 3 aromatic heterocycles. The molecule has 24 heavy (non-hydrogen) atoms. The molecule has 120 valence electrons. The molecule has 0 aliphatic rings. The van der Waals surface area contributed by atoms with Gasteiger partial charge in [0, 0.05) is 18.9 Å². The monoisotopic (exact) mass is 318 g/mol. The quantitative estimate of drug-likeness (QED) is 0.492. The summed E-state index contributed by atoms with van der Waals surface area (Å²) in [6, 6.07) is 14.1. The second-order valence-electron chi connectivity index (χ2n) is 6.42. The SMILES string of the molecule is [2H]C(C)(C)c1c(-c2cccc[n+]2C)c(C)nc2oc3ccccc3c12. The molecule has 0 spiro atoms. The zero-order valence-corrected chi connectivity index (χ0v) is 14.4. The van der Waals surface area contributed by atoms with E-state index in [0.29, 0.717) is 5.71 Å². The lowest BCUT2D eigenvalue weighted by Crippen LogP contribution is -2.30. The minimum Gasteiger partial charge on any atom is -0.438 e. The van der Waals surface area contributed by atoms with Gasteiger partial charge in [0.2, 0.25) is 11.4 Å². The van der Waals surface area contributed by atoms with Gasteiger partial charge in [-0.25, -0.2) is 9.55 Å². The molecule has 3 heterocycles. The summed E-state index contributed by atoms with van der Waals surface area (Å²) in [7, 11) is 2.02. The highest BCUT2D eigenvalue weighted by atomic mass is 16.3. The predicted molar refractivity (Wildman–Crippen MR) is 97.0 cm³/mol. The van der Waals surface area contributed by atoms with E-state index in [9.17, 15) is 0 Å². The van der Waals surface area contributed by atoms with Crippen molar-refractivity contribution < 1.29 is 10.4 Å².